The van der Waals surface area contributed by atoms with Gasteiger partial charge in [0.15, 0.2) is 11.5 Å². The minimum absolute atomic E-state index is 0.0628. The van der Waals surface area contributed by atoms with E-state index in [4.69, 9.17) is 9.47 Å². The lowest BCUT2D eigenvalue weighted by Gasteiger charge is -2.36. The number of nitrogens with zero attached hydrogens (tertiary/aromatic N) is 1. The minimum atomic E-state index is -0.237. The predicted molar refractivity (Wildman–Crippen MR) is 99.4 cm³/mol. The summed E-state index contributed by atoms with van der Waals surface area (Å²) in [6, 6.07) is 12.1. The fourth-order valence-electron chi connectivity index (χ4n) is 3.50. The number of carbonyl (C=O) groups excluding carboxylic acids is 1. The molecule has 2 aromatic carbocycles. The Morgan fingerprint density at radius 1 is 1.22 bits per heavy atom. The molecule has 1 unspecified atom stereocenters. The molecule has 0 radical (unpaired) electrons. The average molecular weight is 371 g/mol. The zero-order valence-corrected chi connectivity index (χ0v) is 14.9. The first kappa shape index (κ1) is 17.8. The number of amides is 1. The van der Waals surface area contributed by atoms with E-state index in [1.807, 2.05) is 6.07 Å². The summed E-state index contributed by atoms with van der Waals surface area (Å²) in [5.41, 5.74) is 1.62. The van der Waals surface area contributed by atoms with E-state index >= 15 is 0 Å². The van der Waals surface area contributed by atoms with Gasteiger partial charge in [-0.25, -0.2) is 4.39 Å². The van der Waals surface area contributed by atoms with Crippen LogP contribution in [0.4, 0.5) is 10.1 Å². The quantitative estimate of drug-likeness (QED) is 0.846. The molecule has 2 aliphatic heterocycles. The molecule has 0 bridgehead atoms. The number of hydrogen-bond donors (Lipinski definition) is 2. The van der Waals surface area contributed by atoms with Crippen molar-refractivity contribution in [3.05, 3.63) is 53.8 Å². The Bertz CT molecular complexity index is 830. The molecule has 4 rings (SSSR count). The van der Waals surface area contributed by atoms with Crippen molar-refractivity contribution >= 4 is 11.6 Å². The second-order valence-corrected chi connectivity index (χ2v) is 6.68. The average Bonchev–Trinajstić information content (AvgIpc) is 3.14. The summed E-state index contributed by atoms with van der Waals surface area (Å²) in [5.74, 6) is 1.02. The van der Waals surface area contributed by atoms with Crippen LogP contribution in [0.1, 0.15) is 18.0 Å². The zero-order chi connectivity index (χ0) is 18.6. The highest BCUT2D eigenvalue weighted by molar-refractivity contribution is 5.91. The molecule has 142 valence electrons. The summed E-state index contributed by atoms with van der Waals surface area (Å²) in [4.78, 5) is 14.6. The third-order valence-corrected chi connectivity index (χ3v) is 4.87. The lowest BCUT2D eigenvalue weighted by Crippen LogP contribution is -2.46. The van der Waals surface area contributed by atoms with Crippen molar-refractivity contribution in [1.82, 2.24) is 10.2 Å². The van der Waals surface area contributed by atoms with Crippen LogP contribution in [0, 0.1) is 5.82 Å². The maximum absolute atomic E-state index is 13.6. The molecule has 1 amide bonds. The lowest BCUT2D eigenvalue weighted by atomic mass is 10.0. The first-order chi connectivity index (χ1) is 13.2. The fourth-order valence-corrected chi connectivity index (χ4v) is 3.50. The molecule has 2 heterocycles. The van der Waals surface area contributed by atoms with Crippen LogP contribution in [0.3, 0.4) is 0 Å². The van der Waals surface area contributed by atoms with E-state index in [2.05, 4.69) is 15.5 Å². The van der Waals surface area contributed by atoms with Gasteiger partial charge in [-0.3, -0.25) is 9.69 Å². The molecule has 2 N–H and O–H groups in total. The Morgan fingerprint density at radius 2 is 2.11 bits per heavy atom. The molecular weight excluding hydrogens is 349 g/mol. The molecule has 7 heteroatoms. The topological polar surface area (TPSA) is 62.8 Å². The Kier molecular flexibility index (Phi) is 5.22. The number of anilines is 1. The van der Waals surface area contributed by atoms with E-state index in [1.54, 1.807) is 30.3 Å². The normalized spacial score (nSPS) is 19.1. The molecule has 1 fully saturated rings. The van der Waals surface area contributed by atoms with Crippen molar-refractivity contribution in [3.63, 3.8) is 0 Å². The van der Waals surface area contributed by atoms with Gasteiger partial charge in [0.05, 0.1) is 0 Å². The van der Waals surface area contributed by atoms with Crippen LogP contribution < -0.4 is 20.1 Å². The number of fused-ring (bicyclic) bond motifs is 1. The summed E-state index contributed by atoms with van der Waals surface area (Å²) in [6.07, 6.45) is 0.361. The zero-order valence-electron chi connectivity index (χ0n) is 14.9. The van der Waals surface area contributed by atoms with Gasteiger partial charge >= 0.3 is 0 Å². The monoisotopic (exact) mass is 371 g/mol. The van der Waals surface area contributed by atoms with Gasteiger partial charge in [0, 0.05) is 50.4 Å². The molecule has 2 aliphatic rings. The van der Waals surface area contributed by atoms with Gasteiger partial charge in [-0.15, -0.1) is 0 Å². The fraction of sp³-hybridized carbons (Fsp3) is 0.350. The second-order valence-electron chi connectivity index (χ2n) is 6.68. The summed E-state index contributed by atoms with van der Waals surface area (Å²) in [5, 5.41) is 6.24. The standard InChI is InChI=1S/C20H22FN3O3/c21-15-3-1-2-14(10-15)17-12-22-7-9-24(17)8-6-20(25)23-16-4-5-18-19(11-16)27-13-26-18/h1-5,10-11,17,22H,6-9,12-13H2,(H,23,25). The largest absolute Gasteiger partial charge is 0.454 e. The Labute approximate surface area is 157 Å². The molecule has 0 spiro atoms. The number of hydrogen-bond acceptors (Lipinski definition) is 5. The molecule has 6 nitrogen and oxygen atoms in total. The highest BCUT2D eigenvalue weighted by atomic mass is 19.1. The molecule has 2 aromatic rings. The third-order valence-electron chi connectivity index (χ3n) is 4.87. The maximum Gasteiger partial charge on any atom is 0.231 e. The Morgan fingerprint density at radius 3 is 3.00 bits per heavy atom. The van der Waals surface area contributed by atoms with Gasteiger partial charge in [0.2, 0.25) is 12.7 Å². The lowest BCUT2D eigenvalue weighted by molar-refractivity contribution is -0.116. The number of carbonyl (C=O) groups is 1. The van der Waals surface area contributed by atoms with E-state index in [9.17, 15) is 9.18 Å². The predicted octanol–water partition coefficient (Wildman–Crippen LogP) is 2.53. The van der Waals surface area contributed by atoms with Crippen molar-refractivity contribution in [2.75, 3.05) is 38.3 Å². The van der Waals surface area contributed by atoms with E-state index in [1.165, 1.54) is 6.07 Å². The van der Waals surface area contributed by atoms with Crippen LogP contribution in [0.25, 0.3) is 0 Å². The summed E-state index contributed by atoms with van der Waals surface area (Å²) in [6.45, 7) is 3.23. The molecular formula is C20H22FN3O3. The van der Waals surface area contributed by atoms with E-state index < -0.39 is 0 Å². The number of benzene rings is 2. The van der Waals surface area contributed by atoms with Crippen molar-refractivity contribution in [1.29, 1.82) is 0 Å². The second kappa shape index (κ2) is 7.94. The molecule has 0 aromatic heterocycles. The number of ether oxygens (including phenoxy) is 2. The first-order valence-corrected chi connectivity index (χ1v) is 9.09. The van der Waals surface area contributed by atoms with Crippen molar-refractivity contribution in [3.8, 4) is 11.5 Å². The highest BCUT2D eigenvalue weighted by Gasteiger charge is 2.24. The molecule has 1 atom stereocenters. The molecule has 1 saturated heterocycles. The number of rotatable bonds is 5. The Hall–Kier alpha value is -2.64. The van der Waals surface area contributed by atoms with E-state index in [-0.39, 0.29) is 24.6 Å². The van der Waals surface area contributed by atoms with Crippen LogP contribution >= 0.6 is 0 Å². The number of halogens is 1. The van der Waals surface area contributed by atoms with Crippen molar-refractivity contribution < 1.29 is 18.7 Å². The van der Waals surface area contributed by atoms with Gasteiger partial charge in [0.1, 0.15) is 5.82 Å². The maximum atomic E-state index is 13.6. The number of nitrogens with one attached hydrogen (secondary N) is 2. The number of piperazine rings is 1. The first-order valence-electron chi connectivity index (χ1n) is 9.09. The van der Waals surface area contributed by atoms with Gasteiger partial charge in [-0.2, -0.15) is 0 Å². The summed E-state index contributed by atoms with van der Waals surface area (Å²) in [7, 11) is 0. The van der Waals surface area contributed by atoms with Gasteiger partial charge in [0.25, 0.3) is 0 Å². The van der Waals surface area contributed by atoms with E-state index in [0.29, 0.717) is 30.2 Å². The van der Waals surface area contributed by atoms with Gasteiger partial charge in [-0.1, -0.05) is 12.1 Å². The van der Waals surface area contributed by atoms with Gasteiger partial charge in [-0.05, 0) is 29.8 Å². The van der Waals surface area contributed by atoms with Gasteiger partial charge < -0.3 is 20.1 Å². The van der Waals surface area contributed by atoms with Crippen molar-refractivity contribution in [2.24, 2.45) is 0 Å². The van der Waals surface area contributed by atoms with Crippen LogP contribution in [0.15, 0.2) is 42.5 Å². The SMILES string of the molecule is O=C(CCN1CCNCC1c1cccc(F)c1)Nc1ccc2c(c1)OCO2. The van der Waals surface area contributed by atoms with Crippen molar-refractivity contribution in [2.45, 2.75) is 12.5 Å². The van der Waals surface area contributed by atoms with Crippen LogP contribution in [-0.4, -0.2) is 43.8 Å². The molecule has 0 aliphatic carbocycles. The summed E-state index contributed by atoms with van der Waals surface area (Å²) < 4.78 is 24.2. The Balaban J connectivity index is 1.35. The van der Waals surface area contributed by atoms with E-state index in [0.717, 1.165) is 25.2 Å². The highest BCUT2D eigenvalue weighted by Crippen LogP contribution is 2.34. The smallest absolute Gasteiger partial charge is 0.231 e. The molecule has 0 saturated carbocycles. The van der Waals surface area contributed by atoms with Crippen LogP contribution in [0.2, 0.25) is 0 Å². The molecule has 27 heavy (non-hydrogen) atoms. The third kappa shape index (κ3) is 4.20. The van der Waals surface area contributed by atoms with Crippen LogP contribution in [-0.2, 0) is 4.79 Å². The minimum Gasteiger partial charge on any atom is -0.454 e. The van der Waals surface area contributed by atoms with Crippen LogP contribution in [0.5, 0.6) is 11.5 Å². The summed E-state index contributed by atoms with van der Waals surface area (Å²) >= 11 is 0.